The first-order chi connectivity index (χ1) is 10.6. The van der Waals surface area contributed by atoms with Gasteiger partial charge in [0.1, 0.15) is 0 Å². The Kier molecular flexibility index (Phi) is 4.36. The van der Waals surface area contributed by atoms with Gasteiger partial charge in [-0.1, -0.05) is 6.07 Å². The number of pyridine rings is 1. The molecule has 1 aliphatic heterocycles. The highest BCUT2D eigenvalue weighted by molar-refractivity contribution is 5.94. The number of ether oxygens (including phenoxy) is 1. The van der Waals surface area contributed by atoms with Crippen molar-refractivity contribution >= 4 is 5.78 Å². The Balaban J connectivity index is 1.69. The van der Waals surface area contributed by atoms with Crippen molar-refractivity contribution in [2.45, 2.75) is 19.6 Å². The van der Waals surface area contributed by atoms with Crippen LogP contribution in [0.3, 0.4) is 0 Å². The van der Waals surface area contributed by atoms with Gasteiger partial charge < -0.3 is 9.30 Å². The van der Waals surface area contributed by atoms with Crippen molar-refractivity contribution in [1.82, 2.24) is 14.5 Å². The molecule has 0 N–H and O–H groups in total. The van der Waals surface area contributed by atoms with Crippen LogP contribution in [0, 0.1) is 0 Å². The van der Waals surface area contributed by atoms with Crippen molar-refractivity contribution in [3.05, 3.63) is 53.6 Å². The molecule has 1 aliphatic rings. The maximum absolute atomic E-state index is 11.5. The van der Waals surface area contributed by atoms with Crippen LogP contribution >= 0.6 is 0 Å². The molecule has 0 bridgehead atoms. The van der Waals surface area contributed by atoms with Crippen molar-refractivity contribution in [2.75, 3.05) is 19.7 Å². The third-order valence-electron chi connectivity index (χ3n) is 4.11. The summed E-state index contributed by atoms with van der Waals surface area (Å²) in [6.07, 6.45) is 5.61. The maximum Gasteiger partial charge on any atom is 0.161 e. The number of carbonyl (C=O) groups is 1. The Morgan fingerprint density at radius 2 is 2.36 bits per heavy atom. The molecule has 116 valence electrons. The molecule has 0 aliphatic carbocycles. The monoisotopic (exact) mass is 299 g/mol. The van der Waals surface area contributed by atoms with Gasteiger partial charge in [-0.05, 0) is 19.1 Å². The largest absolute Gasteiger partial charge is 0.371 e. The fourth-order valence-corrected chi connectivity index (χ4v) is 2.80. The number of rotatable bonds is 4. The smallest absolute Gasteiger partial charge is 0.161 e. The predicted octanol–water partition coefficient (Wildman–Crippen LogP) is 2.20. The summed E-state index contributed by atoms with van der Waals surface area (Å²) in [6.45, 7) is 4.88. The first-order valence-corrected chi connectivity index (χ1v) is 7.53. The van der Waals surface area contributed by atoms with Crippen molar-refractivity contribution in [1.29, 1.82) is 0 Å². The Morgan fingerprint density at radius 3 is 3.05 bits per heavy atom. The number of nitrogens with zero attached hydrogens (tertiary/aromatic N) is 3. The number of Topliss-reactive ketones (excluding diaryl/α,β-unsaturated/α-hetero) is 1. The number of hydrogen-bond acceptors (Lipinski definition) is 4. The molecule has 0 radical (unpaired) electrons. The molecule has 0 aromatic carbocycles. The normalized spacial score (nSPS) is 19.3. The number of aromatic nitrogens is 2. The van der Waals surface area contributed by atoms with Crippen molar-refractivity contribution in [3.63, 3.8) is 0 Å². The van der Waals surface area contributed by atoms with Gasteiger partial charge in [0.05, 0.1) is 12.7 Å². The van der Waals surface area contributed by atoms with Gasteiger partial charge in [-0.25, -0.2) is 0 Å². The minimum Gasteiger partial charge on any atom is -0.371 e. The molecule has 3 rings (SSSR count). The molecular weight excluding hydrogens is 278 g/mol. The predicted molar refractivity (Wildman–Crippen MR) is 83.6 cm³/mol. The number of ketones is 1. The topological polar surface area (TPSA) is 47.4 Å². The first-order valence-electron chi connectivity index (χ1n) is 7.53. The van der Waals surface area contributed by atoms with Gasteiger partial charge in [-0.3, -0.25) is 14.7 Å². The van der Waals surface area contributed by atoms with Gasteiger partial charge in [-0.2, -0.15) is 0 Å². The maximum atomic E-state index is 11.5. The Labute approximate surface area is 130 Å². The first kappa shape index (κ1) is 14.9. The van der Waals surface area contributed by atoms with E-state index in [9.17, 15) is 4.79 Å². The molecule has 1 fully saturated rings. The molecule has 2 aromatic rings. The molecule has 0 amide bonds. The number of carbonyl (C=O) groups excluding carboxylic acids is 1. The van der Waals surface area contributed by atoms with Gasteiger partial charge in [0.25, 0.3) is 0 Å². The molecular formula is C17H21N3O2. The van der Waals surface area contributed by atoms with Gasteiger partial charge in [0.15, 0.2) is 5.78 Å². The van der Waals surface area contributed by atoms with Gasteiger partial charge in [-0.15, -0.1) is 0 Å². The minimum absolute atomic E-state index is 0.0648. The van der Waals surface area contributed by atoms with Crippen LogP contribution in [0.2, 0.25) is 0 Å². The summed E-state index contributed by atoms with van der Waals surface area (Å²) in [7, 11) is 1.99. The lowest BCUT2D eigenvalue weighted by molar-refractivity contribution is -0.0336. The van der Waals surface area contributed by atoms with Gasteiger partial charge in [0.2, 0.25) is 0 Å². The zero-order valence-corrected chi connectivity index (χ0v) is 13.0. The second-order valence-corrected chi connectivity index (χ2v) is 5.77. The molecule has 5 heteroatoms. The van der Waals surface area contributed by atoms with Crippen LogP contribution in [0.25, 0.3) is 0 Å². The summed E-state index contributed by atoms with van der Waals surface area (Å²) in [4.78, 5) is 18.0. The third kappa shape index (κ3) is 3.26. The second-order valence-electron chi connectivity index (χ2n) is 5.77. The zero-order chi connectivity index (χ0) is 15.5. The number of morpholine rings is 1. The lowest BCUT2D eigenvalue weighted by atomic mass is 10.1. The standard InChI is InChI=1S/C17H21N3O2/c1-13(21)15-8-16(19(2)10-15)11-20-6-7-22-17(12-20)14-4-3-5-18-9-14/h3-5,8-10,17H,6-7,11-12H2,1-2H3/t17-/m1/s1. The highest BCUT2D eigenvalue weighted by Crippen LogP contribution is 2.22. The Hall–Kier alpha value is -1.98. The van der Waals surface area contributed by atoms with Crippen LogP contribution in [0.15, 0.2) is 36.8 Å². The number of hydrogen-bond donors (Lipinski definition) is 0. The molecule has 0 saturated carbocycles. The van der Waals surface area contributed by atoms with E-state index >= 15 is 0 Å². The second kappa shape index (κ2) is 6.42. The van der Waals surface area contributed by atoms with E-state index in [1.807, 2.05) is 36.1 Å². The summed E-state index contributed by atoms with van der Waals surface area (Å²) < 4.78 is 7.90. The van der Waals surface area contributed by atoms with Gasteiger partial charge in [0, 0.05) is 62.1 Å². The number of aryl methyl sites for hydroxylation is 1. The molecule has 3 heterocycles. The quantitative estimate of drug-likeness (QED) is 0.812. The van der Waals surface area contributed by atoms with Crippen LogP contribution in [-0.4, -0.2) is 39.9 Å². The molecule has 5 nitrogen and oxygen atoms in total. The highest BCUT2D eigenvalue weighted by Gasteiger charge is 2.23. The Morgan fingerprint density at radius 1 is 1.50 bits per heavy atom. The van der Waals surface area contributed by atoms with Gasteiger partial charge >= 0.3 is 0 Å². The van der Waals surface area contributed by atoms with E-state index in [-0.39, 0.29) is 11.9 Å². The summed E-state index contributed by atoms with van der Waals surface area (Å²) >= 11 is 0. The van der Waals surface area contributed by atoms with Crippen LogP contribution in [-0.2, 0) is 18.3 Å². The van der Waals surface area contributed by atoms with E-state index in [1.54, 1.807) is 13.1 Å². The average molecular weight is 299 g/mol. The van der Waals surface area contributed by atoms with E-state index in [0.29, 0.717) is 6.61 Å². The van der Waals surface area contributed by atoms with Crippen LogP contribution < -0.4 is 0 Å². The van der Waals surface area contributed by atoms with Crippen LogP contribution in [0.5, 0.6) is 0 Å². The molecule has 1 saturated heterocycles. The zero-order valence-electron chi connectivity index (χ0n) is 13.0. The van der Waals surface area contributed by atoms with E-state index in [0.717, 1.165) is 36.5 Å². The fraction of sp³-hybridized carbons (Fsp3) is 0.412. The highest BCUT2D eigenvalue weighted by atomic mass is 16.5. The third-order valence-corrected chi connectivity index (χ3v) is 4.11. The fourth-order valence-electron chi connectivity index (χ4n) is 2.80. The van der Waals surface area contributed by atoms with Crippen molar-refractivity contribution < 1.29 is 9.53 Å². The molecule has 1 atom stereocenters. The molecule has 0 unspecified atom stereocenters. The summed E-state index contributed by atoms with van der Waals surface area (Å²) in [5.74, 6) is 0.108. The average Bonchev–Trinajstić information content (AvgIpc) is 2.90. The van der Waals surface area contributed by atoms with E-state index in [2.05, 4.69) is 16.0 Å². The molecule has 2 aromatic heterocycles. The summed E-state index contributed by atoms with van der Waals surface area (Å²) in [5.41, 5.74) is 3.04. The van der Waals surface area contributed by atoms with Crippen LogP contribution in [0.1, 0.15) is 34.6 Å². The van der Waals surface area contributed by atoms with Crippen molar-refractivity contribution in [3.8, 4) is 0 Å². The van der Waals surface area contributed by atoms with E-state index < -0.39 is 0 Å². The van der Waals surface area contributed by atoms with E-state index in [1.165, 1.54) is 0 Å². The van der Waals surface area contributed by atoms with Crippen LogP contribution in [0.4, 0.5) is 0 Å². The minimum atomic E-state index is 0.0648. The summed E-state index contributed by atoms with van der Waals surface area (Å²) in [6, 6.07) is 5.97. The molecule has 0 spiro atoms. The molecule has 22 heavy (non-hydrogen) atoms. The Bertz CT molecular complexity index is 651. The SMILES string of the molecule is CC(=O)c1cc(CN2CCO[C@@H](c3cccnc3)C2)n(C)c1. The van der Waals surface area contributed by atoms with Crippen molar-refractivity contribution in [2.24, 2.45) is 7.05 Å². The lowest BCUT2D eigenvalue weighted by Gasteiger charge is -2.33. The lowest BCUT2D eigenvalue weighted by Crippen LogP contribution is -2.38. The van der Waals surface area contributed by atoms with E-state index in [4.69, 9.17) is 4.74 Å². The summed E-state index contributed by atoms with van der Waals surface area (Å²) in [5, 5.41) is 0.